The molecule has 0 amide bonds. The van der Waals surface area contributed by atoms with E-state index in [1.165, 1.54) is 17.7 Å². The Morgan fingerprint density at radius 2 is 1.65 bits per heavy atom. The van der Waals surface area contributed by atoms with Crippen molar-refractivity contribution >= 4 is 26.9 Å². The van der Waals surface area contributed by atoms with Crippen molar-refractivity contribution in [3.63, 3.8) is 0 Å². The summed E-state index contributed by atoms with van der Waals surface area (Å²) in [6.07, 6.45) is 1.05. The van der Waals surface area contributed by atoms with Gasteiger partial charge in [-0.15, -0.1) is 0 Å². The van der Waals surface area contributed by atoms with E-state index in [1.807, 2.05) is 24.0 Å². The Bertz CT molecular complexity index is 935. The summed E-state index contributed by atoms with van der Waals surface area (Å²) in [5, 5.41) is 11.4. The molecule has 0 aliphatic carbocycles. The van der Waals surface area contributed by atoms with Gasteiger partial charge in [-0.25, -0.2) is 8.42 Å². The van der Waals surface area contributed by atoms with E-state index >= 15 is 0 Å². The number of piperazine rings is 1. The molecule has 0 radical (unpaired) electrons. The number of nitro groups is 1. The molecule has 0 saturated carbocycles. The maximum atomic E-state index is 11.7. The van der Waals surface area contributed by atoms with Gasteiger partial charge in [0.15, 0.2) is 9.84 Å². The van der Waals surface area contributed by atoms with Crippen LogP contribution in [0.5, 0.6) is 0 Å². The fourth-order valence-corrected chi connectivity index (χ4v) is 3.82. The van der Waals surface area contributed by atoms with Crippen molar-refractivity contribution in [3.8, 4) is 0 Å². The first-order chi connectivity index (χ1) is 12.3. The van der Waals surface area contributed by atoms with Crippen molar-refractivity contribution in [2.45, 2.75) is 11.8 Å². The molecule has 1 aliphatic heterocycles. The molecule has 138 valence electrons. The number of rotatable bonds is 4. The van der Waals surface area contributed by atoms with E-state index in [9.17, 15) is 18.5 Å². The molecule has 1 heterocycles. The highest BCUT2D eigenvalue weighted by Crippen LogP contribution is 2.32. The van der Waals surface area contributed by atoms with Gasteiger partial charge in [0.2, 0.25) is 0 Å². The van der Waals surface area contributed by atoms with Gasteiger partial charge in [-0.05, 0) is 36.8 Å². The highest BCUT2D eigenvalue weighted by Gasteiger charge is 2.25. The monoisotopic (exact) mass is 375 g/mol. The molecule has 2 aromatic carbocycles. The average molecular weight is 375 g/mol. The second-order valence-corrected chi connectivity index (χ2v) is 8.51. The second kappa shape index (κ2) is 6.95. The lowest BCUT2D eigenvalue weighted by Gasteiger charge is -2.37. The number of hydrogen-bond acceptors (Lipinski definition) is 6. The Hall–Kier alpha value is -2.61. The first-order valence-electron chi connectivity index (χ1n) is 8.31. The van der Waals surface area contributed by atoms with Gasteiger partial charge in [-0.1, -0.05) is 12.1 Å². The van der Waals surface area contributed by atoms with Crippen molar-refractivity contribution < 1.29 is 13.3 Å². The molecule has 3 rings (SSSR count). The minimum atomic E-state index is -3.49. The molecular formula is C18H21N3O4S. The number of anilines is 2. The van der Waals surface area contributed by atoms with Crippen molar-refractivity contribution in [1.29, 1.82) is 0 Å². The molecule has 1 saturated heterocycles. The summed E-state index contributed by atoms with van der Waals surface area (Å²) in [6.45, 7) is 4.80. The smallest absolute Gasteiger partial charge is 0.293 e. The molecule has 0 aromatic heterocycles. The van der Waals surface area contributed by atoms with E-state index in [4.69, 9.17) is 0 Å². The summed E-state index contributed by atoms with van der Waals surface area (Å²) in [6, 6.07) is 12.4. The van der Waals surface area contributed by atoms with Crippen LogP contribution in [0, 0.1) is 17.0 Å². The molecule has 2 aromatic rings. The van der Waals surface area contributed by atoms with E-state index < -0.39 is 14.8 Å². The minimum Gasteiger partial charge on any atom is -0.368 e. The maximum absolute atomic E-state index is 11.7. The predicted molar refractivity (Wildman–Crippen MR) is 102 cm³/mol. The highest BCUT2D eigenvalue weighted by atomic mass is 32.2. The number of aryl methyl sites for hydroxylation is 1. The normalized spacial score (nSPS) is 15.2. The largest absolute Gasteiger partial charge is 0.368 e. The van der Waals surface area contributed by atoms with Crippen molar-refractivity contribution in [2.24, 2.45) is 0 Å². The second-order valence-electron chi connectivity index (χ2n) is 6.49. The van der Waals surface area contributed by atoms with Crippen molar-refractivity contribution in [3.05, 3.63) is 58.1 Å². The zero-order chi connectivity index (χ0) is 18.9. The Morgan fingerprint density at radius 3 is 2.23 bits per heavy atom. The molecule has 8 heteroatoms. The van der Waals surface area contributed by atoms with Crippen LogP contribution in [0.4, 0.5) is 17.1 Å². The third kappa shape index (κ3) is 3.80. The van der Waals surface area contributed by atoms with Crippen LogP contribution in [-0.2, 0) is 9.84 Å². The fourth-order valence-electron chi connectivity index (χ4n) is 3.18. The van der Waals surface area contributed by atoms with Gasteiger partial charge < -0.3 is 9.80 Å². The van der Waals surface area contributed by atoms with E-state index in [-0.39, 0.29) is 10.6 Å². The summed E-state index contributed by atoms with van der Waals surface area (Å²) < 4.78 is 23.4. The number of benzene rings is 2. The molecule has 0 bridgehead atoms. The molecule has 0 N–H and O–H groups in total. The number of sulfone groups is 1. The molecular weight excluding hydrogens is 354 g/mol. The Kier molecular flexibility index (Phi) is 4.86. The summed E-state index contributed by atoms with van der Waals surface area (Å²) in [5.74, 6) is 0. The van der Waals surface area contributed by atoms with Gasteiger partial charge in [0.25, 0.3) is 5.69 Å². The van der Waals surface area contributed by atoms with Crippen molar-refractivity contribution in [2.75, 3.05) is 42.2 Å². The Labute approximate surface area is 152 Å². The SMILES string of the molecule is Cc1cccc(N2CCN(c3ccc(S(C)(=O)=O)cc3[N+](=O)[O-])CC2)c1. The van der Waals surface area contributed by atoms with E-state index in [2.05, 4.69) is 17.0 Å². The summed E-state index contributed by atoms with van der Waals surface area (Å²) in [5.41, 5.74) is 2.63. The zero-order valence-electron chi connectivity index (χ0n) is 14.8. The van der Waals surface area contributed by atoms with Gasteiger partial charge in [-0.3, -0.25) is 10.1 Å². The lowest BCUT2D eigenvalue weighted by molar-refractivity contribution is -0.384. The van der Waals surface area contributed by atoms with Gasteiger partial charge in [-0.2, -0.15) is 0 Å². The first-order valence-corrected chi connectivity index (χ1v) is 10.2. The molecule has 1 aliphatic rings. The minimum absolute atomic E-state index is 0.0358. The summed E-state index contributed by atoms with van der Waals surface area (Å²) in [4.78, 5) is 15.1. The van der Waals surface area contributed by atoms with Gasteiger partial charge >= 0.3 is 0 Å². The van der Waals surface area contributed by atoms with Gasteiger partial charge in [0.05, 0.1) is 9.82 Å². The van der Waals surface area contributed by atoms with E-state index in [1.54, 1.807) is 0 Å². The molecule has 1 fully saturated rings. The molecule has 7 nitrogen and oxygen atoms in total. The molecule has 0 unspecified atom stereocenters. The van der Waals surface area contributed by atoms with E-state index in [0.717, 1.165) is 31.1 Å². The molecule has 0 atom stereocenters. The standard InChI is InChI=1S/C18H21N3O4S/c1-14-4-3-5-15(12-14)19-8-10-20(11-9-19)17-7-6-16(26(2,24)25)13-18(17)21(22)23/h3-7,12-13H,8-11H2,1-2H3. The van der Waals surface area contributed by atoms with Gasteiger partial charge in [0, 0.05) is 44.2 Å². The van der Waals surface area contributed by atoms with Crippen molar-refractivity contribution in [1.82, 2.24) is 0 Å². The van der Waals surface area contributed by atoms with Gasteiger partial charge in [0.1, 0.15) is 5.69 Å². The quantitative estimate of drug-likeness (QED) is 0.603. The number of hydrogen-bond donors (Lipinski definition) is 0. The molecule has 0 spiro atoms. The summed E-state index contributed by atoms with van der Waals surface area (Å²) >= 11 is 0. The summed E-state index contributed by atoms with van der Waals surface area (Å²) in [7, 11) is -3.49. The fraction of sp³-hybridized carbons (Fsp3) is 0.333. The van der Waals surface area contributed by atoms with Crippen LogP contribution in [0.25, 0.3) is 0 Å². The first kappa shape index (κ1) is 18.2. The average Bonchev–Trinajstić information content (AvgIpc) is 2.60. The van der Waals surface area contributed by atoms with Crippen LogP contribution in [-0.4, -0.2) is 45.8 Å². The van der Waals surface area contributed by atoms with Crippen LogP contribution < -0.4 is 9.80 Å². The number of nitro benzene ring substituents is 1. The zero-order valence-corrected chi connectivity index (χ0v) is 15.6. The Morgan fingerprint density at radius 1 is 1.00 bits per heavy atom. The third-order valence-electron chi connectivity index (χ3n) is 4.56. The van der Waals surface area contributed by atoms with Crippen LogP contribution in [0.2, 0.25) is 0 Å². The van der Waals surface area contributed by atoms with E-state index in [0.29, 0.717) is 18.8 Å². The predicted octanol–water partition coefficient (Wildman–Crippen LogP) is 2.63. The third-order valence-corrected chi connectivity index (χ3v) is 5.67. The van der Waals surface area contributed by atoms with Crippen LogP contribution in [0.1, 0.15) is 5.56 Å². The van der Waals surface area contributed by atoms with Crippen LogP contribution in [0.3, 0.4) is 0 Å². The van der Waals surface area contributed by atoms with Crippen LogP contribution in [0.15, 0.2) is 47.4 Å². The molecule has 26 heavy (non-hydrogen) atoms. The lowest BCUT2D eigenvalue weighted by Crippen LogP contribution is -2.46. The topological polar surface area (TPSA) is 83.8 Å². The van der Waals surface area contributed by atoms with Crippen LogP contribution >= 0.6 is 0 Å². The highest BCUT2D eigenvalue weighted by molar-refractivity contribution is 7.90. The Balaban J connectivity index is 1.82. The number of nitrogens with zero attached hydrogens (tertiary/aromatic N) is 3. The lowest BCUT2D eigenvalue weighted by atomic mass is 10.1. The maximum Gasteiger partial charge on any atom is 0.293 e.